The Kier molecular flexibility index (Phi) is 27.2. The molecular weight excluding hydrogens is 599 g/mol. The van der Waals surface area contributed by atoms with E-state index < -0.39 is 0 Å². The first-order valence-electron chi connectivity index (χ1n) is 22.4. The zero-order valence-electron chi connectivity index (χ0n) is 34.0. The van der Waals surface area contributed by atoms with Gasteiger partial charge in [-0.2, -0.15) is 0 Å². The maximum Gasteiger partial charge on any atom is 0.168 e. The van der Waals surface area contributed by atoms with Gasteiger partial charge in [0.15, 0.2) is 5.79 Å². The number of unbranched alkanes of at least 4 members (excludes halogenated alkanes) is 19. The molecule has 4 atom stereocenters. The molecule has 0 N–H and O–H groups in total. The number of allylic oxidation sites excluding steroid dienone is 4. The number of piperidine rings is 1. The fourth-order valence-corrected chi connectivity index (χ4v) is 8.26. The van der Waals surface area contributed by atoms with E-state index in [2.05, 4.69) is 63.9 Å². The lowest BCUT2D eigenvalue weighted by Gasteiger charge is -2.31. The Bertz CT molecular complexity index is 786. The Morgan fingerprint density at radius 3 is 1.73 bits per heavy atom. The average molecular weight is 686 g/mol. The number of likely N-dealkylation sites (tertiary alicyclic amines) is 1. The lowest BCUT2D eigenvalue weighted by molar-refractivity contribution is -0.181. The Hall–Kier alpha value is -0.640. The van der Waals surface area contributed by atoms with Gasteiger partial charge in [-0.1, -0.05) is 161 Å². The maximum absolute atomic E-state index is 6.86. The van der Waals surface area contributed by atoms with Crippen molar-refractivity contribution in [3.63, 3.8) is 0 Å². The van der Waals surface area contributed by atoms with E-state index in [0.717, 1.165) is 25.4 Å². The lowest BCUT2D eigenvalue weighted by atomic mass is 9.87. The molecule has 4 unspecified atom stereocenters. The van der Waals surface area contributed by atoms with E-state index in [1.807, 2.05) is 0 Å². The SMILES string of the molecule is CCCCC/C=C\C(C)C(/C=C\CCCCCCCCC1(CCCCCCCCC)OCC(CC2CCN(C)CC2)O1)CCCCCCC. The molecule has 0 aromatic carbocycles. The van der Waals surface area contributed by atoms with Crippen LogP contribution in [0.15, 0.2) is 24.3 Å². The summed E-state index contributed by atoms with van der Waals surface area (Å²) >= 11 is 0. The summed E-state index contributed by atoms with van der Waals surface area (Å²) < 4.78 is 13.5. The van der Waals surface area contributed by atoms with Crippen LogP contribution >= 0.6 is 0 Å². The summed E-state index contributed by atoms with van der Waals surface area (Å²) in [4.78, 5) is 2.48. The van der Waals surface area contributed by atoms with Gasteiger partial charge in [0.2, 0.25) is 0 Å². The third-order valence-corrected chi connectivity index (χ3v) is 11.8. The Labute approximate surface area is 308 Å². The van der Waals surface area contributed by atoms with E-state index in [1.54, 1.807) is 0 Å². The van der Waals surface area contributed by atoms with Crippen LogP contribution < -0.4 is 0 Å². The highest BCUT2D eigenvalue weighted by molar-refractivity contribution is 4.98. The fraction of sp³-hybridized carbons (Fsp3) is 0.913. The van der Waals surface area contributed by atoms with Gasteiger partial charge in [-0.05, 0) is 102 Å². The normalized spacial score (nSPS) is 22.2. The zero-order valence-corrected chi connectivity index (χ0v) is 34.0. The van der Waals surface area contributed by atoms with Gasteiger partial charge in [-0.25, -0.2) is 0 Å². The van der Waals surface area contributed by atoms with Crippen LogP contribution in [0.4, 0.5) is 0 Å². The van der Waals surface area contributed by atoms with E-state index in [1.165, 1.54) is 186 Å². The van der Waals surface area contributed by atoms with E-state index in [-0.39, 0.29) is 5.79 Å². The minimum Gasteiger partial charge on any atom is -0.347 e. The van der Waals surface area contributed by atoms with Gasteiger partial charge in [0.25, 0.3) is 0 Å². The van der Waals surface area contributed by atoms with E-state index in [9.17, 15) is 0 Å². The minimum atomic E-state index is -0.293. The molecule has 2 aliphatic rings. The van der Waals surface area contributed by atoms with Gasteiger partial charge in [-0.15, -0.1) is 0 Å². The first kappa shape index (κ1) is 44.5. The van der Waals surface area contributed by atoms with Crippen molar-refractivity contribution >= 4 is 0 Å². The van der Waals surface area contributed by atoms with Crippen molar-refractivity contribution in [2.24, 2.45) is 17.8 Å². The fourth-order valence-electron chi connectivity index (χ4n) is 8.26. The maximum atomic E-state index is 6.86. The van der Waals surface area contributed by atoms with Crippen LogP contribution in [0.25, 0.3) is 0 Å². The van der Waals surface area contributed by atoms with Gasteiger partial charge in [0, 0.05) is 12.8 Å². The molecule has 0 spiro atoms. The largest absolute Gasteiger partial charge is 0.347 e. The van der Waals surface area contributed by atoms with Crippen LogP contribution in [0, 0.1) is 17.8 Å². The molecule has 3 nitrogen and oxygen atoms in total. The molecule has 49 heavy (non-hydrogen) atoms. The molecule has 0 aliphatic carbocycles. The Morgan fingerprint density at radius 1 is 0.633 bits per heavy atom. The van der Waals surface area contributed by atoms with Crippen molar-refractivity contribution in [3.8, 4) is 0 Å². The molecule has 0 amide bonds. The smallest absolute Gasteiger partial charge is 0.168 e. The summed E-state index contributed by atoms with van der Waals surface area (Å²) in [5.74, 6) is 1.89. The number of nitrogens with zero attached hydrogens (tertiary/aromatic N) is 1. The van der Waals surface area contributed by atoms with Gasteiger partial charge in [-0.3, -0.25) is 0 Å². The Morgan fingerprint density at radius 2 is 1.12 bits per heavy atom. The summed E-state index contributed by atoms with van der Waals surface area (Å²) in [5, 5.41) is 0. The number of hydrogen-bond acceptors (Lipinski definition) is 3. The molecule has 0 saturated carbocycles. The molecule has 2 heterocycles. The topological polar surface area (TPSA) is 21.7 Å². The van der Waals surface area contributed by atoms with E-state index in [4.69, 9.17) is 9.47 Å². The predicted molar refractivity (Wildman–Crippen MR) is 216 cm³/mol. The Balaban J connectivity index is 1.69. The standard InChI is InChI=1S/C46H87NO2/c1-6-9-12-15-19-24-29-36-46(48-41-45(49-46)40-43-34-38-47(5)39-35-43)37-30-25-20-17-16-18-23-28-33-44(32-27-22-14-11-8-3)42(4)31-26-21-13-10-7-2/h26,28,31,33,42-45H,6-25,27,29-30,32,34-41H2,1-5H3/b31-26-,33-28-. The van der Waals surface area contributed by atoms with Crippen LogP contribution in [-0.4, -0.2) is 43.5 Å². The monoisotopic (exact) mass is 686 g/mol. The highest BCUT2D eigenvalue weighted by Crippen LogP contribution is 2.37. The predicted octanol–water partition coefficient (Wildman–Crippen LogP) is 14.4. The molecule has 2 rings (SSSR count). The summed E-state index contributed by atoms with van der Waals surface area (Å²) in [6.07, 6.45) is 48.8. The molecule has 0 aromatic rings. The van der Waals surface area contributed by atoms with Gasteiger partial charge >= 0.3 is 0 Å². The first-order chi connectivity index (χ1) is 24.0. The molecule has 3 heteroatoms. The van der Waals surface area contributed by atoms with Crippen molar-refractivity contribution in [2.45, 2.75) is 226 Å². The van der Waals surface area contributed by atoms with Gasteiger partial charge in [0.1, 0.15) is 0 Å². The highest BCUT2D eigenvalue weighted by Gasteiger charge is 2.41. The second kappa shape index (κ2) is 29.9. The highest BCUT2D eigenvalue weighted by atomic mass is 16.7. The molecule has 288 valence electrons. The third-order valence-electron chi connectivity index (χ3n) is 11.8. The molecule has 0 radical (unpaired) electrons. The van der Waals surface area contributed by atoms with Crippen molar-refractivity contribution in [2.75, 3.05) is 26.7 Å². The molecular formula is C46H87NO2. The molecule has 0 bridgehead atoms. The third kappa shape index (κ3) is 22.1. The van der Waals surface area contributed by atoms with Crippen molar-refractivity contribution in [1.29, 1.82) is 0 Å². The van der Waals surface area contributed by atoms with Gasteiger partial charge in [0.05, 0.1) is 12.7 Å². The summed E-state index contributed by atoms with van der Waals surface area (Å²) in [6.45, 7) is 12.7. The van der Waals surface area contributed by atoms with E-state index in [0.29, 0.717) is 17.9 Å². The molecule has 2 saturated heterocycles. The zero-order chi connectivity index (χ0) is 35.3. The second-order valence-electron chi connectivity index (χ2n) is 16.6. The van der Waals surface area contributed by atoms with Crippen molar-refractivity contribution in [1.82, 2.24) is 4.90 Å². The van der Waals surface area contributed by atoms with Crippen molar-refractivity contribution in [3.05, 3.63) is 24.3 Å². The van der Waals surface area contributed by atoms with Crippen LogP contribution in [0.3, 0.4) is 0 Å². The number of ether oxygens (including phenoxy) is 2. The van der Waals surface area contributed by atoms with E-state index >= 15 is 0 Å². The summed E-state index contributed by atoms with van der Waals surface area (Å²) in [6, 6.07) is 0. The number of rotatable bonds is 32. The second-order valence-corrected chi connectivity index (χ2v) is 16.6. The van der Waals surface area contributed by atoms with Crippen LogP contribution in [-0.2, 0) is 9.47 Å². The number of hydrogen-bond donors (Lipinski definition) is 0. The average Bonchev–Trinajstić information content (AvgIpc) is 3.50. The first-order valence-corrected chi connectivity index (χ1v) is 22.4. The molecule has 2 aliphatic heterocycles. The van der Waals surface area contributed by atoms with Crippen LogP contribution in [0.5, 0.6) is 0 Å². The molecule has 2 fully saturated rings. The quantitative estimate of drug-likeness (QED) is 0.0520. The molecule has 0 aromatic heterocycles. The lowest BCUT2D eigenvalue weighted by Crippen LogP contribution is -2.33. The van der Waals surface area contributed by atoms with Crippen LogP contribution in [0.1, 0.15) is 214 Å². The summed E-state index contributed by atoms with van der Waals surface area (Å²) in [5.41, 5.74) is 0. The minimum absolute atomic E-state index is 0.293. The summed E-state index contributed by atoms with van der Waals surface area (Å²) in [7, 11) is 2.26. The van der Waals surface area contributed by atoms with Gasteiger partial charge < -0.3 is 14.4 Å². The van der Waals surface area contributed by atoms with Crippen LogP contribution in [0.2, 0.25) is 0 Å². The van der Waals surface area contributed by atoms with Crippen molar-refractivity contribution < 1.29 is 9.47 Å².